The summed E-state index contributed by atoms with van der Waals surface area (Å²) < 4.78 is 51.0. The van der Waals surface area contributed by atoms with E-state index in [2.05, 4.69) is 30.3 Å². The zero-order valence-corrected chi connectivity index (χ0v) is 31.8. The molecule has 2 heterocycles. The van der Waals surface area contributed by atoms with Gasteiger partial charge in [-0.1, -0.05) is 0 Å². The number of rotatable bonds is 8. The van der Waals surface area contributed by atoms with Crippen molar-refractivity contribution in [2.75, 3.05) is 52.2 Å². The van der Waals surface area contributed by atoms with Crippen LogP contribution >= 0.6 is 22.7 Å². The summed E-state index contributed by atoms with van der Waals surface area (Å²) >= 11 is 3.19. The summed E-state index contributed by atoms with van der Waals surface area (Å²) in [6, 6.07) is 28.0. The van der Waals surface area contributed by atoms with E-state index in [4.69, 9.17) is 27.0 Å². The highest BCUT2D eigenvalue weighted by Crippen LogP contribution is 2.31. The van der Waals surface area contributed by atoms with Crippen molar-refractivity contribution in [3.05, 3.63) is 84.9 Å². The summed E-state index contributed by atoms with van der Waals surface area (Å²) in [5.41, 5.74) is 6.20. The summed E-state index contributed by atoms with van der Waals surface area (Å²) in [4.78, 5) is 4.11. The lowest BCUT2D eigenvalue weighted by Crippen LogP contribution is -2.25. The number of benzene rings is 4. The molecule has 0 amide bonds. The van der Waals surface area contributed by atoms with Crippen molar-refractivity contribution >= 4 is 86.5 Å². The highest BCUT2D eigenvalue weighted by atomic mass is 32.3. The molecule has 0 fully saturated rings. The van der Waals surface area contributed by atoms with Crippen molar-refractivity contribution in [2.45, 2.75) is 0 Å². The van der Waals surface area contributed by atoms with Crippen LogP contribution in [0.25, 0.3) is 20.4 Å². The van der Waals surface area contributed by atoms with Gasteiger partial charge in [-0.3, -0.25) is 8.42 Å². The molecule has 6 rings (SSSR count). The molecule has 0 aliphatic rings. The van der Waals surface area contributed by atoms with Crippen LogP contribution < -0.4 is 28.4 Å². The van der Waals surface area contributed by atoms with E-state index >= 15 is 0 Å². The largest absolute Gasteiger partial charge is 0.759 e. The van der Waals surface area contributed by atoms with E-state index in [0.29, 0.717) is 0 Å². The highest BCUT2D eigenvalue weighted by Gasteiger charge is 2.18. The van der Waals surface area contributed by atoms with Gasteiger partial charge >= 0.3 is 10.3 Å². The Morgan fingerprint density at radius 1 is 0.588 bits per heavy atom. The first-order chi connectivity index (χ1) is 24.2. The van der Waals surface area contributed by atoms with Gasteiger partial charge in [0.2, 0.25) is 0 Å². The van der Waals surface area contributed by atoms with Crippen LogP contribution in [0.4, 0.5) is 33.0 Å². The van der Waals surface area contributed by atoms with E-state index in [-0.39, 0.29) is 0 Å². The van der Waals surface area contributed by atoms with Crippen LogP contribution in [0.2, 0.25) is 0 Å². The second-order valence-corrected chi connectivity index (χ2v) is 14.0. The molecule has 0 saturated heterocycles. The maximum atomic E-state index is 8.52. The molecule has 14 nitrogen and oxygen atoms in total. The molecule has 4 aromatic carbocycles. The number of aromatic nitrogens is 2. The summed E-state index contributed by atoms with van der Waals surface area (Å²) in [6.45, 7) is 0. The fourth-order valence-corrected chi connectivity index (χ4v) is 6.51. The van der Waals surface area contributed by atoms with E-state index in [9.17, 15) is 0 Å². The number of thiazole rings is 2. The van der Waals surface area contributed by atoms with E-state index in [1.54, 1.807) is 36.9 Å². The Bertz CT molecular complexity index is 2100. The number of hydrogen-bond donors (Lipinski definition) is 0. The zero-order chi connectivity index (χ0) is 37.3. The summed E-state index contributed by atoms with van der Waals surface area (Å²) in [7, 11) is 10.2. The van der Waals surface area contributed by atoms with Gasteiger partial charge in [-0.15, -0.1) is 0 Å². The third-order valence-electron chi connectivity index (χ3n) is 7.27. The minimum atomic E-state index is -5.17. The fraction of sp³-hybridized carbons (Fsp3) is 0.235. The van der Waals surface area contributed by atoms with Gasteiger partial charge in [0.25, 0.3) is 0 Å². The Morgan fingerprint density at radius 2 is 0.922 bits per heavy atom. The van der Waals surface area contributed by atoms with Crippen LogP contribution in [0.1, 0.15) is 0 Å². The van der Waals surface area contributed by atoms with Gasteiger partial charge < -0.3 is 28.4 Å². The molecule has 6 aromatic rings. The topological polar surface area (TPSA) is 162 Å². The average Bonchev–Trinajstić information content (AvgIpc) is 3.59. The number of ether oxygens (including phenoxy) is 2. The van der Waals surface area contributed by atoms with Crippen LogP contribution in [0.5, 0.6) is 11.5 Å². The molecule has 0 unspecified atom stereocenters. The standard InChI is InChI=1S/2C17H19N4OS.H2O4S/c2*1-20(2)13-7-5-12(6-8-13)18-19-17-21(3)15-10-9-14(22-4)11-16(15)23-17;1-5(2,3)4/h2*5-11H,1-4H3;(H2,1,2,3,4)/q2*+1;/p-2. The molecule has 0 N–H and O–H groups in total. The van der Waals surface area contributed by atoms with Gasteiger partial charge in [0.05, 0.1) is 47.9 Å². The van der Waals surface area contributed by atoms with Crippen LogP contribution in [-0.2, 0) is 24.5 Å². The first-order valence-corrected chi connectivity index (χ1v) is 18.1. The predicted molar refractivity (Wildman–Crippen MR) is 199 cm³/mol. The maximum Gasteiger partial charge on any atom is 0.409 e. The molecule has 0 aliphatic carbocycles. The van der Waals surface area contributed by atoms with Gasteiger partial charge in [0.1, 0.15) is 33.9 Å². The van der Waals surface area contributed by atoms with Gasteiger partial charge in [-0.05, 0) is 106 Å². The molecular weight excluding hydrogens is 713 g/mol. The first kappa shape index (κ1) is 38.7. The van der Waals surface area contributed by atoms with E-state index in [1.807, 2.05) is 136 Å². The maximum absolute atomic E-state index is 8.52. The second kappa shape index (κ2) is 17.2. The number of anilines is 2. The van der Waals surface area contributed by atoms with Gasteiger partial charge in [-0.25, -0.2) is 9.13 Å². The number of azo groups is 2. The number of fused-ring (bicyclic) bond motifs is 2. The number of nitrogens with zero attached hydrogens (tertiary/aromatic N) is 8. The number of aryl methyl sites for hydroxylation is 2. The monoisotopic (exact) mass is 750 g/mol. The SMILES string of the molecule is COc1ccc2c(c1)sc(N=Nc1ccc(N(C)C)cc1)[n+]2C.COc1ccc2c(c1)sc(N=Nc1ccc(N(C)C)cc1)[n+]2C.O=S(=O)([O-])[O-]. The van der Waals surface area contributed by atoms with Crippen LogP contribution in [-0.4, -0.2) is 59.9 Å². The number of hydrogen-bond acceptors (Lipinski definition) is 14. The normalized spacial score (nSPS) is 11.3. The van der Waals surface area contributed by atoms with E-state index < -0.39 is 10.4 Å². The first-order valence-electron chi connectivity index (χ1n) is 15.1. The lowest BCUT2D eigenvalue weighted by molar-refractivity contribution is -0.628. The zero-order valence-electron chi connectivity index (χ0n) is 29.3. The molecule has 17 heteroatoms. The van der Waals surface area contributed by atoms with Gasteiger partial charge in [0, 0.05) is 62.1 Å². The Morgan fingerprint density at radius 3 is 1.22 bits per heavy atom. The molecule has 0 radical (unpaired) electrons. The third-order valence-corrected chi connectivity index (χ3v) is 9.44. The van der Waals surface area contributed by atoms with E-state index in [0.717, 1.165) is 64.9 Å². The Balaban J connectivity index is 0.000000202. The highest BCUT2D eigenvalue weighted by molar-refractivity contribution is 7.79. The Labute approximate surface area is 304 Å². The fourth-order valence-electron chi connectivity index (χ4n) is 4.51. The lowest BCUT2D eigenvalue weighted by Gasteiger charge is -2.11. The molecular formula is C34H38N8O6S3. The minimum Gasteiger partial charge on any atom is -0.759 e. The predicted octanol–water partition coefficient (Wildman–Crippen LogP) is 7.09. The van der Waals surface area contributed by atoms with Crippen LogP contribution in [0.15, 0.2) is 105 Å². The molecule has 2 aromatic heterocycles. The third kappa shape index (κ3) is 11.0. The Kier molecular flexibility index (Phi) is 13.1. The van der Waals surface area contributed by atoms with Crippen molar-refractivity contribution in [2.24, 2.45) is 34.6 Å². The second-order valence-electron chi connectivity index (χ2n) is 11.2. The summed E-state index contributed by atoms with van der Waals surface area (Å²) in [5, 5.41) is 19.2. The van der Waals surface area contributed by atoms with Crippen molar-refractivity contribution in [1.29, 1.82) is 0 Å². The Hall–Kier alpha value is -5.07. The van der Waals surface area contributed by atoms with E-state index in [1.165, 1.54) is 0 Å². The van der Waals surface area contributed by atoms with Gasteiger partial charge in [0.15, 0.2) is 0 Å². The molecule has 51 heavy (non-hydrogen) atoms. The quantitative estimate of drug-likeness (QED) is 0.0689. The summed E-state index contributed by atoms with van der Waals surface area (Å²) in [5.74, 6) is 1.70. The van der Waals surface area contributed by atoms with Crippen molar-refractivity contribution in [3.63, 3.8) is 0 Å². The average molecular weight is 751 g/mol. The minimum absolute atomic E-state index is 0.839. The van der Waals surface area contributed by atoms with Crippen LogP contribution in [0, 0.1) is 0 Å². The number of methoxy groups -OCH3 is 2. The molecule has 0 atom stereocenters. The molecule has 0 spiro atoms. The van der Waals surface area contributed by atoms with Crippen LogP contribution in [0.3, 0.4) is 0 Å². The van der Waals surface area contributed by atoms with Crippen molar-refractivity contribution in [3.8, 4) is 11.5 Å². The molecule has 268 valence electrons. The van der Waals surface area contributed by atoms with Crippen molar-refractivity contribution in [1.82, 2.24) is 0 Å². The van der Waals surface area contributed by atoms with Gasteiger partial charge in [-0.2, -0.15) is 0 Å². The molecule has 0 bridgehead atoms. The van der Waals surface area contributed by atoms with Crippen molar-refractivity contribution < 1.29 is 36.1 Å². The molecule has 0 saturated carbocycles. The smallest absolute Gasteiger partial charge is 0.409 e. The molecule has 0 aliphatic heterocycles. The lowest BCUT2D eigenvalue weighted by atomic mass is 10.3. The summed E-state index contributed by atoms with van der Waals surface area (Å²) in [6.07, 6.45) is 0.